The second-order valence-corrected chi connectivity index (χ2v) is 5.90. The Kier molecular flexibility index (Phi) is 3.89. The van der Waals surface area contributed by atoms with E-state index in [4.69, 9.17) is 4.74 Å². The number of anilines is 1. The molecule has 0 bridgehead atoms. The zero-order chi connectivity index (χ0) is 18.1. The van der Waals surface area contributed by atoms with Gasteiger partial charge in [-0.15, -0.1) is 0 Å². The fraction of sp³-hybridized carbons (Fsp3) is 0.0476. The van der Waals surface area contributed by atoms with Crippen molar-refractivity contribution < 1.29 is 9.53 Å². The number of ether oxygens (including phenoxy) is 1. The molecule has 5 heteroatoms. The second-order valence-electron chi connectivity index (χ2n) is 5.90. The average molecular weight is 344 g/mol. The van der Waals surface area contributed by atoms with E-state index in [9.17, 15) is 9.59 Å². The molecule has 0 atom stereocenters. The quantitative estimate of drug-likeness (QED) is 0.591. The van der Waals surface area contributed by atoms with E-state index >= 15 is 0 Å². The van der Waals surface area contributed by atoms with Crippen LogP contribution in [0.15, 0.2) is 71.7 Å². The van der Waals surface area contributed by atoms with Gasteiger partial charge in [0.15, 0.2) is 0 Å². The molecule has 2 N–H and O–H groups in total. The van der Waals surface area contributed by atoms with Crippen molar-refractivity contribution >= 4 is 33.3 Å². The summed E-state index contributed by atoms with van der Waals surface area (Å²) in [5, 5.41) is 5.19. The van der Waals surface area contributed by atoms with Gasteiger partial charge in [0.25, 0.3) is 5.91 Å². The van der Waals surface area contributed by atoms with Crippen molar-refractivity contribution in [3.63, 3.8) is 0 Å². The number of methoxy groups -OCH3 is 1. The molecule has 0 aliphatic rings. The van der Waals surface area contributed by atoms with Crippen LogP contribution in [-0.4, -0.2) is 18.0 Å². The highest BCUT2D eigenvalue weighted by Crippen LogP contribution is 2.24. The normalized spacial score (nSPS) is 10.8. The summed E-state index contributed by atoms with van der Waals surface area (Å²) >= 11 is 0. The number of para-hydroxylation sites is 1. The third kappa shape index (κ3) is 2.59. The Morgan fingerprint density at radius 2 is 1.69 bits per heavy atom. The highest BCUT2D eigenvalue weighted by molar-refractivity contribution is 6.10. The maximum atomic E-state index is 12.8. The molecule has 4 rings (SSSR count). The average Bonchev–Trinajstić information content (AvgIpc) is 2.68. The summed E-state index contributed by atoms with van der Waals surface area (Å²) in [4.78, 5) is 28.5. The molecule has 3 aromatic carbocycles. The molecule has 0 aliphatic carbocycles. The molecule has 0 radical (unpaired) electrons. The number of pyridine rings is 1. The van der Waals surface area contributed by atoms with Crippen molar-refractivity contribution in [3.05, 3.63) is 82.6 Å². The van der Waals surface area contributed by atoms with Gasteiger partial charge in [-0.05, 0) is 23.6 Å². The summed E-state index contributed by atoms with van der Waals surface area (Å²) in [5.74, 6) is 0.105. The number of aromatic amines is 1. The highest BCUT2D eigenvalue weighted by Gasteiger charge is 2.15. The Hall–Kier alpha value is -3.60. The lowest BCUT2D eigenvalue weighted by molar-refractivity contribution is 0.102. The van der Waals surface area contributed by atoms with Gasteiger partial charge in [0, 0.05) is 17.3 Å². The first-order valence-electron chi connectivity index (χ1n) is 8.16. The maximum absolute atomic E-state index is 12.8. The summed E-state index contributed by atoms with van der Waals surface area (Å²) in [7, 11) is 1.54. The van der Waals surface area contributed by atoms with Crippen LogP contribution in [0.5, 0.6) is 5.75 Å². The van der Waals surface area contributed by atoms with Gasteiger partial charge in [-0.3, -0.25) is 9.59 Å². The Balaban J connectivity index is 1.77. The molecule has 0 aliphatic heterocycles. The van der Waals surface area contributed by atoms with Gasteiger partial charge in [0.1, 0.15) is 11.3 Å². The molecule has 1 heterocycles. The SMILES string of the molecule is COc1cccc2c(=O)c(C(=O)Nc3cccc4ccccc34)c[nH]c12. The van der Waals surface area contributed by atoms with Crippen LogP contribution < -0.4 is 15.5 Å². The van der Waals surface area contributed by atoms with Crippen LogP contribution in [0, 0.1) is 0 Å². The minimum atomic E-state index is -0.452. The molecule has 0 saturated heterocycles. The zero-order valence-corrected chi connectivity index (χ0v) is 14.1. The van der Waals surface area contributed by atoms with Crippen molar-refractivity contribution in [1.29, 1.82) is 0 Å². The highest BCUT2D eigenvalue weighted by atomic mass is 16.5. The van der Waals surface area contributed by atoms with Crippen LogP contribution >= 0.6 is 0 Å². The Morgan fingerprint density at radius 1 is 0.962 bits per heavy atom. The summed E-state index contributed by atoms with van der Waals surface area (Å²) < 4.78 is 5.26. The molecule has 0 saturated carbocycles. The number of H-pyrrole nitrogens is 1. The van der Waals surface area contributed by atoms with Gasteiger partial charge in [-0.25, -0.2) is 0 Å². The van der Waals surface area contributed by atoms with Gasteiger partial charge in [0.05, 0.1) is 18.0 Å². The molecule has 26 heavy (non-hydrogen) atoms. The number of aromatic nitrogens is 1. The van der Waals surface area contributed by atoms with Gasteiger partial charge in [0.2, 0.25) is 5.43 Å². The molecule has 1 aromatic heterocycles. The number of nitrogens with one attached hydrogen (secondary N) is 2. The van der Waals surface area contributed by atoms with E-state index in [1.807, 2.05) is 42.5 Å². The summed E-state index contributed by atoms with van der Waals surface area (Å²) in [6, 6.07) is 18.6. The lowest BCUT2D eigenvalue weighted by Crippen LogP contribution is -2.22. The van der Waals surface area contributed by atoms with E-state index in [0.29, 0.717) is 22.3 Å². The van der Waals surface area contributed by atoms with E-state index in [1.54, 1.807) is 18.2 Å². The van der Waals surface area contributed by atoms with Gasteiger partial charge in [-0.2, -0.15) is 0 Å². The number of benzene rings is 3. The van der Waals surface area contributed by atoms with E-state index < -0.39 is 5.91 Å². The molecular weight excluding hydrogens is 328 g/mol. The number of carbonyl (C=O) groups excluding carboxylic acids is 1. The Bertz CT molecular complexity index is 1190. The molecule has 128 valence electrons. The van der Waals surface area contributed by atoms with Gasteiger partial charge in [-0.1, -0.05) is 42.5 Å². The van der Waals surface area contributed by atoms with Gasteiger partial charge < -0.3 is 15.0 Å². The molecule has 4 aromatic rings. The third-order valence-electron chi connectivity index (χ3n) is 4.38. The van der Waals surface area contributed by atoms with E-state index in [0.717, 1.165) is 10.8 Å². The van der Waals surface area contributed by atoms with E-state index in [2.05, 4.69) is 10.3 Å². The predicted molar refractivity (Wildman–Crippen MR) is 103 cm³/mol. The molecule has 5 nitrogen and oxygen atoms in total. The number of fused-ring (bicyclic) bond motifs is 2. The van der Waals surface area contributed by atoms with E-state index in [-0.39, 0.29) is 11.0 Å². The number of hydrogen-bond donors (Lipinski definition) is 2. The van der Waals surface area contributed by atoms with Crippen molar-refractivity contribution in [1.82, 2.24) is 4.98 Å². The maximum Gasteiger partial charge on any atom is 0.261 e. The fourth-order valence-corrected chi connectivity index (χ4v) is 3.09. The van der Waals surface area contributed by atoms with Crippen LogP contribution in [0.3, 0.4) is 0 Å². The van der Waals surface area contributed by atoms with Crippen LogP contribution in [0.1, 0.15) is 10.4 Å². The van der Waals surface area contributed by atoms with Crippen molar-refractivity contribution in [2.24, 2.45) is 0 Å². The van der Waals surface area contributed by atoms with Crippen LogP contribution in [0.25, 0.3) is 21.7 Å². The van der Waals surface area contributed by atoms with E-state index in [1.165, 1.54) is 13.3 Å². The summed E-state index contributed by atoms with van der Waals surface area (Å²) in [6.07, 6.45) is 1.42. The third-order valence-corrected chi connectivity index (χ3v) is 4.38. The number of hydrogen-bond acceptors (Lipinski definition) is 3. The monoisotopic (exact) mass is 344 g/mol. The Morgan fingerprint density at radius 3 is 2.54 bits per heavy atom. The minimum Gasteiger partial charge on any atom is -0.495 e. The molecule has 0 unspecified atom stereocenters. The fourth-order valence-electron chi connectivity index (χ4n) is 3.09. The molecule has 0 spiro atoms. The van der Waals surface area contributed by atoms with Crippen molar-refractivity contribution in [2.75, 3.05) is 12.4 Å². The number of rotatable bonds is 3. The first-order valence-corrected chi connectivity index (χ1v) is 8.16. The first-order chi connectivity index (χ1) is 12.7. The van der Waals surface area contributed by atoms with Crippen LogP contribution in [0.2, 0.25) is 0 Å². The minimum absolute atomic E-state index is 0.0543. The van der Waals surface area contributed by atoms with Crippen LogP contribution in [0.4, 0.5) is 5.69 Å². The van der Waals surface area contributed by atoms with Crippen LogP contribution in [-0.2, 0) is 0 Å². The second kappa shape index (κ2) is 6.37. The molecule has 0 fully saturated rings. The lowest BCUT2D eigenvalue weighted by Gasteiger charge is -2.10. The number of carbonyl (C=O) groups is 1. The summed E-state index contributed by atoms with van der Waals surface area (Å²) in [6.45, 7) is 0. The molecular formula is C21H16N2O3. The van der Waals surface area contributed by atoms with Gasteiger partial charge >= 0.3 is 0 Å². The van der Waals surface area contributed by atoms with Crippen molar-refractivity contribution in [3.8, 4) is 5.75 Å². The number of amides is 1. The smallest absolute Gasteiger partial charge is 0.261 e. The first kappa shape index (κ1) is 15.9. The topological polar surface area (TPSA) is 71.2 Å². The summed E-state index contributed by atoms with van der Waals surface area (Å²) in [5.41, 5.74) is 0.953. The lowest BCUT2D eigenvalue weighted by atomic mass is 10.1. The molecule has 1 amide bonds. The largest absolute Gasteiger partial charge is 0.495 e. The van der Waals surface area contributed by atoms with Crippen molar-refractivity contribution in [2.45, 2.75) is 0 Å². The predicted octanol–water partition coefficient (Wildman–Crippen LogP) is 3.94. The Labute approximate surface area is 149 Å². The standard InChI is InChI=1S/C21H16N2O3/c1-26-18-11-5-9-15-19(18)22-12-16(20(15)24)21(25)23-17-10-4-7-13-6-2-3-8-14(13)17/h2-12H,1H3,(H,22,24)(H,23,25). The zero-order valence-electron chi connectivity index (χ0n) is 14.1.